The monoisotopic (exact) mass is 436 g/mol. The van der Waals surface area contributed by atoms with E-state index in [4.69, 9.17) is 10.5 Å². The van der Waals surface area contributed by atoms with Crippen LogP contribution in [0.1, 0.15) is 46.5 Å². The third kappa shape index (κ3) is 4.45. The summed E-state index contributed by atoms with van der Waals surface area (Å²) in [5.41, 5.74) is 7.10. The quantitative estimate of drug-likeness (QED) is 0.733. The van der Waals surface area contributed by atoms with E-state index >= 15 is 0 Å². The Hall–Kier alpha value is -1.86. The van der Waals surface area contributed by atoms with Gasteiger partial charge < -0.3 is 15.8 Å². The number of anilines is 1. The van der Waals surface area contributed by atoms with Gasteiger partial charge >= 0.3 is 0 Å². The smallest absolute Gasteiger partial charge is 0.262 e. The van der Waals surface area contributed by atoms with Crippen LogP contribution in [-0.2, 0) is 17.6 Å². The minimum atomic E-state index is -0.481. The zero-order valence-electron chi connectivity index (χ0n) is 14.3. The summed E-state index contributed by atoms with van der Waals surface area (Å²) in [6, 6.07) is 7.33. The average molecular weight is 437 g/mol. The first-order valence-electron chi connectivity index (χ1n) is 8.67. The highest BCUT2D eigenvalue weighted by Gasteiger charge is 2.23. The Bertz CT molecular complexity index is 819. The Morgan fingerprint density at radius 1 is 1.15 bits per heavy atom. The number of hydrogen-bond acceptors (Lipinski definition) is 4. The number of aryl methyl sites for hydroxylation is 1. The lowest BCUT2D eigenvalue weighted by molar-refractivity contribution is -0.118. The molecule has 0 radical (unpaired) electrons. The molecule has 7 heteroatoms. The van der Waals surface area contributed by atoms with E-state index < -0.39 is 5.91 Å². The molecular weight excluding hydrogens is 416 g/mol. The number of nitrogens with one attached hydrogen (secondary N) is 1. The molecule has 2 aromatic rings. The number of rotatable bonds is 5. The predicted octanol–water partition coefficient (Wildman–Crippen LogP) is 4.29. The summed E-state index contributed by atoms with van der Waals surface area (Å²) in [4.78, 5) is 25.5. The molecule has 0 saturated carbocycles. The summed E-state index contributed by atoms with van der Waals surface area (Å²) < 4.78 is 6.32. The number of ether oxygens (including phenoxy) is 1. The van der Waals surface area contributed by atoms with Gasteiger partial charge in [0, 0.05) is 4.88 Å². The summed E-state index contributed by atoms with van der Waals surface area (Å²) in [6.45, 7) is -0.136. The van der Waals surface area contributed by atoms with E-state index in [-0.39, 0.29) is 12.5 Å². The number of fused-ring (bicyclic) bond motifs is 1. The van der Waals surface area contributed by atoms with Gasteiger partial charge in [-0.1, -0.05) is 25.0 Å². The molecule has 1 aliphatic rings. The largest absolute Gasteiger partial charge is 0.483 e. The molecule has 3 N–H and O–H groups in total. The molecule has 5 nitrogen and oxygen atoms in total. The molecule has 26 heavy (non-hydrogen) atoms. The minimum absolute atomic E-state index is 0.136. The van der Waals surface area contributed by atoms with Crippen molar-refractivity contribution in [3.63, 3.8) is 0 Å². The topological polar surface area (TPSA) is 81.4 Å². The van der Waals surface area contributed by atoms with Crippen LogP contribution in [0.5, 0.6) is 5.75 Å². The van der Waals surface area contributed by atoms with Crippen LogP contribution in [0.25, 0.3) is 0 Å². The van der Waals surface area contributed by atoms with Crippen molar-refractivity contribution in [1.29, 1.82) is 0 Å². The molecule has 0 saturated heterocycles. The number of carbonyl (C=O) groups is 2. The first-order chi connectivity index (χ1) is 12.6. The van der Waals surface area contributed by atoms with Crippen LogP contribution in [0.2, 0.25) is 0 Å². The second-order valence-corrected chi connectivity index (χ2v) is 8.21. The summed E-state index contributed by atoms with van der Waals surface area (Å²) in [7, 11) is 0. The average Bonchev–Trinajstić information content (AvgIpc) is 2.90. The van der Waals surface area contributed by atoms with E-state index in [1.54, 1.807) is 6.07 Å². The standard InChI is InChI=1S/C19H21BrN2O3S/c20-13-8-5-6-9-14(13)25-11-16(23)22-19-17(18(21)24)12-7-3-1-2-4-10-15(12)26-19/h5-6,8-9H,1-4,7,10-11H2,(H2,21,24)(H,22,23). The van der Waals surface area contributed by atoms with Crippen LogP contribution in [0.4, 0.5) is 5.00 Å². The summed E-state index contributed by atoms with van der Waals surface area (Å²) in [5, 5.41) is 3.36. The molecule has 1 heterocycles. The van der Waals surface area contributed by atoms with E-state index in [0.717, 1.165) is 42.1 Å². The number of carbonyl (C=O) groups excluding carboxylic acids is 2. The molecule has 0 aliphatic heterocycles. The Morgan fingerprint density at radius 3 is 2.62 bits per heavy atom. The fourth-order valence-electron chi connectivity index (χ4n) is 3.14. The summed E-state index contributed by atoms with van der Waals surface area (Å²) in [6.07, 6.45) is 6.28. The number of nitrogens with two attached hydrogens (primary N) is 1. The van der Waals surface area contributed by atoms with Crippen LogP contribution in [0, 0.1) is 0 Å². The van der Waals surface area contributed by atoms with Gasteiger partial charge in [0.1, 0.15) is 10.8 Å². The first-order valence-corrected chi connectivity index (χ1v) is 10.3. The van der Waals surface area contributed by atoms with Gasteiger partial charge in [0.2, 0.25) is 0 Å². The number of hydrogen-bond donors (Lipinski definition) is 2. The summed E-state index contributed by atoms with van der Waals surface area (Å²) >= 11 is 4.85. The molecule has 0 spiro atoms. The molecule has 1 aromatic carbocycles. The maximum Gasteiger partial charge on any atom is 0.262 e. The minimum Gasteiger partial charge on any atom is -0.483 e. The zero-order chi connectivity index (χ0) is 18.5. The fraction of sp³-hybridized carbons (Fsp3) is 0.368. The van der Waals surface area contributed by atoms with Crippen molar-refractivity contribution in [2.75, 3.05) is 11.9 Å². The van der Waals surface area contributed by atoms with Crippen LogP contribution in [0.15, 0.2) is 28.7 Å². The van der Waals surface area contributed by atoms with Crippen molar-refractivity contribution in [3.8, 4) is 5.75 Å². The van der Waals surface area contributed by atoms with Gasteiger partial charge in [-0.15, -0.1) is 11.3 Å². The van der Waals surface area contributed by atoms with Gasteiger partial charge in [-0.05, 0) is 59.3 Å². The maximum absolute atomic E-state index is 12.3. The van der Waals surface area contributed by atoms with Crippen molar-refractivity contribution in [2.45, 2.75) is 38.5 Å². The lowest BCUT2D eigenvalue weighted by Gasteiger charge is -2.10. The first kappa shape index (κ1) is 18.9. The van der Waals surface area contributed by atoms with Gasteiger partial charge in [0.05, 0.1) is 10.0 Å². The molecule has 0 bridgehead atoms. The number of amides is 2. The zero-order valence-corrected chi connectivity index (χ0v) is 16.7. The SMILES string of the molecule is NC(=O)c1c(NC(=O)COc2ccccc2Br)sc2c1CCCCCC2. The molecule has 1 aromatic heterocycles. The van der Waals surface area contributed by atoms with Gasteiger partial charge in [-0.2, -0.15) is 0 Å². The molecule has 2 amide bonds. The van der Waals surface area contributed by atoms with Crippen molar-refractivity contribution in [2.24, 2.45) is 5.73 Å². The third-order valence-electron chi connectivity index (χ3n) is 4.37. The Labute approximate surface area is 165 Å². The fourth-order valence-corrected chi connectivity index (χ4v) is 4.85. The molecule has 138 valence electrons. The van der Waals surface area contributed by atoms with E-state index in [1.807, 2.05) is 18.2 Å². The van der Waals surface area contributed by atoms with Crippen LogP contribution < -0.4 is 15.8 Å². The predicted molar refractivity (Wildman–Crippen MR) is 107 cm³/mol. The second-order valence-electron chi connectivity index (χ2n) is 6.25. The van der Waals surface area contributed by atoms with E-state index in [9.17, 15) is 9.59 Å². The highest BCUT2D eigenvalue weighted by atomic mass is 79.9. The maximum atomic E-state index is 12.3. The van der Waals surface area contributed by atoms with E-state index in [2.05, 4.69) is 21.2 Å². The van der Waals surface area contributed by atoms with Crippen molar-refractivity contribution >= 4 is 44.1 Å². The lowest BCUT2D eigenvalue weighted by Crippen LogP contribution is -2.22. The van der Waals surface area contributed by atoms with Crippen LogP contribution in [0.3, 0.4) is 0 Å². The number of benzene rings is 1. The Kier molecular flexibility index (Phi) is 6.32. The molecule has 0 fully saturated rings. The lowest BCUT2D eigenvalue weighted by atomic mass is 9.96. The van der Waals surface area contributed by atoms with Crippen molar-refractivity contribution in [3.05, 3.63) is 44.7 Å². The van der Waals surface area contributed by atoms with Crippen LogP contribution >= 0.6 is 27.3 Å². The highest BCUT2D eigenvalue weighted by Crippen LogP contribution is 2.36. The number of primary amides is 1. The molecule has 0 unspecified atom stereocenters. The van der Waals surface area contributed by atoms with Gasteiger partial charge in [-0.25, -0.2) is 0 Å². The molecule has 3 rings (SSSR count). The molecular formula is C19H21BrN2O3S. The molecule has 0 atom stereocenters. The summed E-state index contributed by atoms with van der Waals surface area (Å²) in [5.74, 6) is -0.196. The normalized spacial score (nSPS) is 14.0. The Morgan fingerprint density at radius 2 is 1.88 bits per heavy atom. The number of halogens is 1. The Balaban J connectivity index is 1.74. The van der Waals surface area contributed by atoms with Gasteiger partial charge in [0.25, 0.3) is 11.8 Å². The van der Waals surface area contributed by atoms with Crippen molar-refractivity contribution < 1.29 is 14.3 Å². The van der Waals surface area contributed by atoms with E-state index in [0.29, 0.717) is 16.3 Å². The molecule has 1 aliphatic carbocycles. The third-order valence-corrected chi connectivity index (χ3v) is 6.23. The number of thiophene rings is 1. The second kappa shape index (κ2) is 8.68. The van der Waals surface area contributed by atoms with E-state index in [1.165, 1.54) is 22.6 Å². The van der Waals surface area contributed by atoms with Gasteiger partial charge in [0.15, 0.2) is 6.61 Å². The van der Waals surface area contributed by atoms with Crippen molar-refractivity contribution in [1.82, 2.24) is 0 Å². The number of para-hydroxylation sites is 1. The highest BCUT2D eigenvalue weighted by molar-refractivity contribution is 9.10. The van der Waals surface area contributed by atoms with Gasteiger partial charge in [-0.3, -0.25) is 9.59 Å². The van der Waals surface area contributed by atoms with Crippen LogP contribution in [-0.4, -0.2) is 18.4 Å².